The molecule has 1 amide bonds. The molecule has 4 heteroatoms. The third-order valence-electron chi connectivity index (χ3n) is 5.17. The van der Waals surface area contributed by atoms with Crippen molar-refractivity contribution in [3.8, 4) is 0 Å². The molecule has 0 heterocycles. The molecule has 0 unspecified atom stereocenters. The molecule has 1 fully saturated rings. The van der Waals surface area contributed by atoms with E-state index in [0.717, 1.165) is 29.7 Å². The Hall–Kier alpha value is -2.62. The van der Waals surface area contributed by atoms with Gasteiger partial charge in [0.1, 0.15) is 0 Å². The zero-order chi connectivity index (χ0) is 19.2. The van der Waals surface area contributed by atoms with Crippen molar-refractivity contribution < 1.29 is 14.3 Å². The van der Waals surface area contributed by atoms with E-state index in [4.69, 9.17) is 4.74 Å². The highest BCUT2D eigenvalue weighted by atomic mass is 16.5. The van der Waals surface area contributed by atoms with Crippen molar-refractivity contribution in [3.05, 3.63) is 65.2 Å². The van der Waals surface area contributed by atoms with E-state index in [-0.39, 0.29) is 11.9 Å². The summed E-state index contributed by atoms with van der Waals surface area (Å²) < 4.78 is 5.65. The third-order valence-corrected chi connectivity index (χ3v) is 5.17. The lowest BCUT2D eigenvalue weighted by Crippen LogP contribution is -2.26. The lowest BCUT2D eigenvalue weighted by atomic mass is 10.0. The average Bonchev–Trinajstić information content (AvgIpc) is 3.16. The van der Waals surface area contributed by atoms with Crippen LogP contribution in [0.5, 0.6) is 0 Å². The van der Waals surface area contributed by atoms with Crippen LogP contribution in [0.1, 0.15) is 54.9 Å². The Labute approximate surface area is 160 Å². The highest BCUT2D eigenvalue weighted by molar-refractivity contribution is 5.96. The Bertz CT molecular complexity index is 795. The maximum Gasteiger partial charge on any atom is 0.307 e. The molecule has 1 N–H and O–H groups in total. The molecule has 3 rings (SSSR count). The minimum absolute atomic E-state index is 0.299. The Balaban J connectivity index is 1.75. The smallest absolute Gasteiger partial charge is 0.307 e. The SMILES string of the molecule is Cc1ccc(C)c(NC(=O)[C@@H](OC(=O)CC2CCCC2)c2ccccc2)c1. The van der Waals surface area contributed by atoms with Crippen molar-refractivity contribution in [3.63, 3.8) is 0 Å². The van der Waals surface area contributed by atoms with Crippen LogP contribution < -0.4 is 5.32 Å². The van der Waals surface area contributed by atoms with E-state index >= 15 is 0 Å². The summed E-state index contributed by atoms with van der Waals surface area (Å²) in [5.41, 5.74) is 3.45. The number of benzene rings is 2. The van der Waals surface area contributed by atoms with Gasteiger partial charge in [0.05, 0.1) is 0 Å². The van der Waals surface area contributed by atoms with E-state index in [1.807, 2.05) is 62.4 Å². The maximum absolute atomic E-state index is 13.0. The summed E-state index contributed by atoms with van der Waals surface area (Å²) >= 11 is 0. The second-order valence-electron chi connectivity index (χ2n) is 7.44. The summed E-state index contributed by atoms with van der Waals surface area (Å²) in [5, 5.41) is 2.93. The van der Waals surface area contributed by atoms with E-state index in [0.29, 0.717) is 17.9 Å². The van der Waals surface area contributed by atoms with Gasteiger partial charge >= 0.3 is 5.97 Å². The van der Waals surface area contributed by atoms with E-state index in [1.54, 1.807) is 0 Å². The summed E-state index contributed by atoms with van der Waals surface area (Å²) in [7, 11) is 0. The number of nitrogens with one attached hydrogen (secondary N) is 1. The van der Waals surface area contributed by atoms with Crippen molar-refractivity contribution in [2.24, 2.45) is 5.92 Å². The van der Waals surface area contributed by atoms with Gasteiger partial charge in [0, 0.05) is 17.7 Å². The first-order valence-corrected chi connectivity index (χ1v) is 9.65. The molecule has 0 aliphatic heterocycles. The number of carbonyl (C=O) groups is 2. The van der Waals surface area contributed by atoms with E-state index in [1.165, 1.54) is 12.8 Å². The van der Waals surface area contributed by atoms with Crippen molar-refractivity contribution >= 4 is 17.6 Å². The number of esters is 1. The first-order valence-electron chi connectivity index (χ1n) is 9.65. The summed E-state index contributed by atoms with van der Waals surface area (Å²) in [6, 6.07) is 15.1. The Morgan fingerprint density at radius 2 is 1.78 bits per heavy atom. The number of anilines is 1. The second-order valence-corrected chi connectivity index (χ2v) is 7.44. The Morgan fingerprint density at radius 1 is 1.07 bits per heavy atom. The van der Waals surface area contributed by atoms with E-state index in [9.17, 15) is 9.59 Å². The van der Waals surface area contributed by atoms with Crippen molar-refractivity contribution in [2.75, 3.05) is 5.32 Å². The van der Waals surface area contributed by atoms with Gasteiger partial charge in [-0.1, -0.05) is 55.3 Å². The topological polar surface area (TPSA) is 55.4 Å². The normalized spacial score (nSPS) is 15.3. The van der Waals surface area contributed by atoms with Gasteiger partial charge in [-0.2, -0.15) is 0 Å². The van der Waals surface area contributed by atoms with Crippen LogP contribution in [0.3, 0.4) is 0 Å². The monoisotopic (exact) mass is 365 g/mol. The van der Waals surface area contributed by atoms with Gasteiger partial charge in [-0.25, -0.2) is 0 Å². The molecule has 1 saturated carbocycles. The number of hydrogen-bond donors (Lipinski definition) is 1. The van der Waals surface area contributed by atoms with Crippen LogP contribution >= 0.6 is 0 Å². The first-order chi connectivity index (χ1) is 13.0. The molecule has 27 heavy (non-hydrogen) atoms. The molecule has 0 spiro atoms. The molecule has 1 atom stereocenters. The van der Waals surface area contributed by atoms with Crippen LogP contribution in [0.2, 0.25) is 0 Å². The predicted molar refractivity (Wildman–Crippen MR) is 106 cm³/mol. The zero-order valence-electron chi connectivity index (χ0n) is 16.0. The predicted octanol–water partition coefficient (Wildman–Crippen LogP) is 5.11. The van der Waals surface area contributed by atoms with Crippen LogP contribution in [0.4, 0.5) is 5.69 Å². The lowest BCUT2D eigenvalue weighted by Gasteiger charge is -2.20. The van der Waals surface area contributed by atoms with Gasteiger partial charge in [0.2, 0.25) is 6.10 Å². The Kier molecular flexibility index (Phi) is 6.28. The molecule has 1 aliphatic carbocycles. The summed E-state index contributed by atoms with van der Waals surface area (Å²) in [4.78, 5) is 25.4. The molecule has 0 radical (unpaired) electrons. The highest BCUT2D eigenvalue weighted by Gasteiger charge is 2.27. The van der Waals surface area contributed by atoms with E-state index < -0.39 is 6.10 Å². The largest absolute Gasteiger partial charge is 0.447 e. The Morgan fingerprint density at radius 3 is 2.48 bits per heavy atom. The fraction of sp³-hybridized carbons (Fsp3) is 0.391. The van der Waals surface area contributed by atoms with Crippen LogP contribution in [-0.4, -0.2) is 11.9 Å². The standard InChI is InChI=1S/C23H27NO3/c1-16-12-13-17(2)20(14-16)24-23(26)22(19-10-4-3-5-11-19)27-21(25)15-18-8-6-7-9-18/h3-5,10-14,18,22H,6-9,15H2,1-2H3,(H,24,26)/t22-/m0/s1. The molecular formula is C23H27NO3. The van der Waals surface area contributed by atoms with Crippen molar-refractivity contribution in [1.29, 1.82) is 0 Å². The summed E-state index contributed by atoms with van der Waals surface area (Å²) in [6.45, 7) is 3.92. The van der Waals surface area contributed by atoms with Gasteiger partial charge in [0.15, 0.2) is 0 Å². The fourth-order valence-corrected chi connectivity index (χ4v) is 3.60. The number of hydrogen-bond acceptors (Lipinski definition) is 3. The lowest BCUT2D eigenvalue weighted by molar-refractivity contribution is -0.155. The maximum atomic E-state index is 13.0. The van der Waals surface area contributed by atoms with Gasteiger partial charge in [-0.3, -0.25) is 9.59 Å². The third kappa shape index (κ3) is 5.19. The summed E-state index contributed by atoms with van der Waals surface area (Å²) in [5.74, 6) is -0.238. The van der Waals surface area contributed by atoms with Gasteiger partial charge < -0.3 is 10.1 Å². The number of amides is 1. The fourth-order valence-electron chi connectivity index (χ4n) is 3.60. The van der Waals surface area contributed by atoms with Crippen molar-refractivity contribution in [1.82, 2.24) is 0 Å². The van der Waals surface area contributed by atoms with Crippen LogP contribution in [-0.2, 0) is 14.3 Å². The molecule has 2 aromatic carbocycles. The van der Waals surface area contributed by atoms with Crippen LogP contribution in [0.15, 0.2) is 48.5 Å². The molecule has 142 valence electrons. The van der Waals surface area contributed by atoms with Crippen molar-refractivity contribution in [2.45, 2.75) is 52.1 Å². The molecule has 1 aliphatic rings. The zero-order valence-corrected chi connectivity index (χ0v) is 16.0. The molecule has 4 nitrogen and oxygen atoms in total. The summed E-state index contributed by atoms with van der Waals surface area (Å²) in [6.07, 6.45) is 3.93. The number of carbonyl (C=O) groups excluding carboxylic acids is 2. The van der Waals surface area contributed by atoms with E-state index in [2.05, 4.69) is 5.32 Å². The molecule has 0 saturated heterocycles. The van der Waals surface area contributed by atoms with Gasteiger partial charge in [0.25, 0.3) is 5.91 Å². The second kappa shape index (κ2) is 8.85. The average molecular weight is 365 g/mol. The number of aryl methyl sites for hydroxylation is 2. The minimum atomic E-state index is -0.944. The number of ether oxygens (including phenoxy) is 1. The minimum Gasteiger partial charge on any atom is -0.447 e. The first kappa shape index (κ1) is 19.2. The quantitative estimate of drug-likeness (QED) is 0.724. The molecular weight excluding hydrogens is 338 g/mol. The molecule has 0 aromatic heterocycles. The number of rotatable bonds is 6. The van der Waals surface area contributed by atoms with Crippen LogP contribution in [0.25, 0.3) is 0 Å². The van der Waals surface area contributed by atoms with Crippen LogP contribution in [0, 0.1) is 19.8 Å². The molecule has 2 aromatic rings. The highest BCUT2D eigenvalue weighted by Crippen LogP contribution is 2.29. The van der Waals surface area contributed by atoms with Gasteiger partial charge in [-0.15, -0.1) is 0 Å². The molecule has 0 bridgehead atoms. The van der Waals surface area contributed by atoms with Gasteiger partial charge in [-0.05, 0) is 49.8 Å².